The first kappa shape index (κ1) is 10.4. The molecule has 0 unspecified atom stereocenters. The Morgan fingerprint density at radius 2 is 1.62 bits per heavy atom. The molecule has 1 heterocycles. The van der Waals surface area contributed by atoms with Crippen LogP contribution >= 0.6 is 0 Å². The van der Waals surface area contributed by atoms with Crippen LogP contribution in [-0.2, 0) is 6.42 Å². The van der Waals surface area contributed by atoms with Crippen LogP contribution in [0.3, 0.4) is 0 Å². The Morgan fingerprint density at radius 3 is 2.12 bits per heavy atom. The monoisotopic (exact) mass is 220 g/mol. The maximum absolute atomic E-state index is 11.3. The van der Waals surface area contributed by atoms with Gasteiger partial charge < -0.3 is 5.73 Å². The smallest absolute Gasteiger partial charge is 0.330 e. The molecule has 84 valence electrons. The van der Waals surface area contributed by atoms with Crippen molar-refractivity contribution < 1.29 is 0 Å². The maximum Gasteiger partial charge on any atom is 0.348 e. The summed E-state index contributed by atoms with van der Waals surface area (Å²) in [4.78, 5) is 22.6. The third-order valence-electron chi connectivity index (χ3n) is 2.31. The summed E-state index contributed by atoms with van der Waals surface area (Å²) in [7, 11) is 0. The van der Waals surface area contributed by atoms with Gasteiger partial charge in [-0.3, -0.25) is 0 Å². The molecule has 1 aromatic carbocycles. The SMILES string of the molecule is NCCc1ccc(-n2c(=O)[nH][nH]c2=O)cc1. The van der Waals surface area contributed by atoms with Crippen molar-refractivity contribution in [2.75, 3.05) is 6.54 Å². The first-order valence-corrected chi connectivity index (χ1v) is 4.91. The lowest BCUT2D eigenvalue weighted by Gasteiger charge is -2.01. The zero-order valence-corrected chi connectivity index (χ0v) is 8.56. The average molecular weight is 220 g/mol. The van der Waals surface area contributed by atoms with Crippen LogP contribution in [0.15, 0.2) is 33.9 Å². The quantitative estimate of drug-likeness (QED) is 0.641. The fourth-order valence-corrected chi connectivity index (χ4v) is 1.52. The largest absolute Gasteiger partial charge is 0.348 e. The van der Waals surface area contributed by atoms with Crippen molar-refractivity contribution in [3.8, 4) is 5.69 Å². The van der Waals surface area contributed by atoms with Crippen LogP contribution < -0.4 is 17.1 Å². The standard InChI is InChI=1S/C10H12N4O2/c11-6-5-7-1-3-8(4-2-7)14-9(15)12-13-10(14)16/h1-4H,5-6,11H2,(H,12,15)(H,13,16). The summed E-state index contributed by atoms with van der Waals surface area (Å²) >= 11 is 0. The molecular weight excluding hydrogens is 208 g/mol. The minimum atomic E-state index is -0.475. The van der Waals surface area contributed by atoms with Crippen molar-refractivity contribution in [3.63, 3.8) is 0 Å². The van der Waals surface area contributed by atoms with E-state index in [2.05, 4.69) is 10.2 Å². The molecule has 6 nitrogen and oxygen atoms in total. The minimum absolute atomic E-state index is 0.475. The second-order valence-corrected chi connectivity index (χ2v) is 3.40. The Balaban J connectivity index is 2.43. The van der Waals surface area contributed by atoms with Crippen LogP contribution in [0.25, 0.3) is 5.69 Å². The van der Waals surface area contributed by atoms with E-state index in [1.807, 2.05) is 12.1 Å². The van der Waals surface area contributed by atoms with Gasteiger partial charge >= 0.3 is 11.4 Å². The maximum atomic E-state index is 11.3. The Bertz CT molecular complexity index is 548. The summed E-state index contributed by atoms with van der Waals surface area (Å²) in [6.07, 6.45) is 0.776. The van der Waals surface area contributed by atoms with E-state index in [1.165, 1.54) is 0 Å². The molecule has 0 amide bonds. The molecule has 0 atom stereocenters. The third-order valence-corrected chi connectivity index (χ3v) is 2.31. The molecule has 0 radical (unpaired) electrons. The van der Waals surface area contributed by atoms with Gasteiger partial charge in [0.05, 0.1) is 5.69 Å². The lowest BCUT2D eigenvalue weighted by atomic mass is 10.1. The van der Waals surface area contributed by atoms with Crippen molar-refractivity contribution in [2.24, 2.45) is 5.73 Å². The van der Waals surface area contributed by atoms with Crippen LogP contribution in [0.2, 0.25) is 0 Å². The zero-order valence-electron chi connectivity index (χ0n) is 8.56. The van der Waals surface area contributed by atoms with Crippen LogP contribution in [0, 0.1) is 0 Å². The molecule has 2 rings (SSSR count). The number of hydrogen-bond acceptors (Lipinski definition) is 3. The molecule has 0 aliphatic heterocycles. The highest BCUT2D eigenvalue weighted by Gasteiger charge is 2.04. The Labute approximate surface area is 90.7 Å². The normalized spacial score (nSPS) is 10.6. The van der Waals surface area contributed by atoms with Gasteiger partial charge in [0.2, 0.25) is 0 Å². The molecule has 0 spiro atoms. The summed E-state index contributed by atoms with van der Waals surface area (Å²) < 4.78 is 1.03. The number of nitrogens with zero attached hydrogens (tertiary/aromatic N) is 1. The fourth-order valence-electron chi connectivity index (χ4n) is 1.52. The van der Waals surface area contributed by atoms with Gasteiger partial charge in [0.15, 0.2) is 0 Å². The van der Waals surface area contributed by atoms with E-state index in [0.29, 0.717) is 12.2 Å². The van der Waals surface area contributed by atoms with Crippen molar-refractivity contribution in [3.05, 3.63) is 50.8 Å². The Morgan fingerprint density at radius 1 is 1.06 bits per heavy atom. The highest BCUT2D eigenvalue weighted by atomic mass is 16.2. The molecule has 0 aliphatic carbocycles. The minimum Gasteiger partial charge on any atom is -0.330 e. The molecule has 0 bridgehead atoms. The highest BCUT2D eigenvalue weighted by molar-refractivity contribution is 5.34. The second kappa shape index (κ2) is 4.19. The summed E-state index contributed by atoms with van der Waals surface area (Å²) in [6.45, 7) is 0.573. The van der Waals surface area contributed by atoms with Gasteiger partial charge in [-0.2, -0.15) is 0 Å². The molecule has 6 heteroatoms. The molecule has 4 N–H and O–H groups in total. The van der Waals surface area contributed by atoms with Crippen molar-refractivity contribution in [2.45, 2.75) is 6.42 Å². The van der Waals surface area contributed by atoms with Crippen molar-refractivity contribution in [1.82, 2.24) is 14.8 Å². The summed E-state index contributed by atoms with van der Waals surface area (Å²) in [5, 5.41) is 4.45. The van der Waals surface area contributed by atoms with Crippen LogP contribution in [0.4, 0.5) is 0 Å². The van der Waals surface area contributed by atoms with Gasteiger partial charge in [-0.05, 0) is 30.7 Å². The van der Waals surface area contributed by atoms with Gasteiger partial charge in [0.1, 0.15) is 0 Å². The summed E-state index contributed by atoms with van der Waals surface area (Å²) in [5.74, 6) is 0. The number of hydrogen-bond donors (Lipinski definition) is 3. The van der Waals surface area contributed by atoms with Gasteiger partial charge in [-0.15, -0.1) is 0 Å². The average Bonchev–Trinajstić information content (AvgIpc) is 2.61. The van der Waals surface area contributed by atoms with E-state index >= 15 is 0 Å². The third kappa shape index (κ3) is 1.82. The number of nitrogens with two attached hydrogens (primary N) is 1. The number of benzene rings is 1. The van der Waals surface area contributed by atoms with E-state index in [9.17, 15) is 9.59 Å². The van der Waals surface area contributed by atoms with E-state index < -0.39 is 11.4 Å². The topological polar surface area (TPSA) is 96.7 Å². The molecular formula is C10H12N4O2. The fraction of sp³-hybridized carbons (Fsp3) is 0.200. The molecule has 0 aliphatic rings. The van der Waals surface area contributed by atoms with Crippen molar-refractivity contribution in [1.29, 1.82) is 0 Å². The van der Waals surface area contributed by atoms with Gasteiger partial charge in [-0.25, -0.2) is 24.4 Å². The highest BCUT2D eigenvalue weighted by Crippen LogP contribution is 2.06. The summed E-state index contributed by atoms with van der Waals surface area (Å²) in [5.41, 5.74) is 6.09. The predicted octanol–water partition coefficient (Wildman–Crippen LogP) is -0.645. The summed E-state index contributed by atoms with van der Waals surface area (Å²) in [6, 6.07) is 7.13. The number of aromatic nitrogens is 3. The van der Waals surface area contributed by atoms with E-state index in [0.717, 1.165) is 16.6 Å². The van der Waals surface area contributed by atoms with Crippen LogP contribution in [0.5, 0.6) is 0 Å². The predicted molar refractivity (Wildman–Crippen MR) is 59.8 cm³/mol. The zero-order chi connectivity index (χ0) is 11.5. The number of nitrogens with one attached hydrogen (secondary N) is 2. The molecule has 1 aromatic heterocycles. The Hall–Kier alpha value is -2.08. The molecule has 0 fully saturated rings. The molecule has 0 saturated heterocycles. The van der Waals surface area contributed by atoms with E-state index in [4.69, 9.17) is 5.73 Å². The number of aromatic amines is 2. The van der Waals surface area contributed by atoms with Crippen LogP contribution in [-0.4, -0.2) is 21.3 Å². The lowest BCUT2D eigenvalue weighted by Crippen LogP contribution is -2.24. The van der Waals surface area contributed by atoms with Crippen molar-refractivity contribution >= 4 is 0 Å². The van der Waals surface area contributed by atoms with Crippen LogP contribution in [0.1, 0.15) is 5.56 Å². The first-order chi connectivity index (χ1) is 7.72. The van der Waals surface area contributed by atoms with E-state index in [-0.39, 0.29) is 0 Å². The molecule has 0 saturated carbocycles. The van der Waals surface area contributed by atoms with Gasteiger partial charge in [0, 0.05) is 0 Å². The van der Waals surface area contributed by atoms with Gasteiger partial charge in [0.25, 0.3) is 0 Å². The van der Waals surface area contributed by atoms with E-state index in [1.54, 1.807) is 12.1 Å². The Kier molecular flexibility index (Phi) is 2.74. The first-order valence-electron chi connectivity index (χ1n) is 4.91. The number of H-pyrrole nitrogens is 2. The molecule has 2 aromatic rings. The number of rotatable bonds is 3. The second-order valence-electron chi connectivity index (χ2n) is 3.40. The molecule has 16 heavy (non-hydrogen) atoms. The lowest BCUT2D eigenvalue weighted by molar-refractivity contribution is 0.939. The van der Waals surface area contributed by atoms with Gasteiger partial charge in [-0.1, -0.05) is 12.1 Å².